The highest BCUT2D eigenvalue weighted by Gasteiger charge is 2.38. The Morgan fingerprint density at radius 3 is 2.64 bits per heavy atom. The second-order valence-corrected chi connectivity index (χ2v) is 4.97. The molecule has 1 aliphatic carbocycles. The van der Waals surface area contributed by atoms with Crippen molar-refractivity contribution in [2.75, 3.05) is 0 Å². The van der Waals surface area contributed by atoms with Gasteiger partial charge in [0.25, 0.3) is 0 Å². The van der Waals surface area contributed by atoms with Gasteiger partial charge >= 0.3 is 0 Å². The molecule has 1 atom stereocenters. The molecule has 0 heterocycles. The lowest BCUT2D eigenvalue weighted by atomic mass is 9.75. The molecular weight excluding hydrogens is 172 g/mol. The van der Waals surface area contributed by atoms with E-state index in [1.54, 1.807) is 0 Å². The topological polar surface area (TPSA) is 17.1 Å². The number of carbonyl (C=O) groups is 1. The van der Waals surface area contributed by atoms with E-state index in [1.807, 2.05) is 0 Å². The quantitative estimate of drug-likeness (QED) is 0.623. The number of hydrogen-bond donors (Lipinski definition) is 0. The van der Waals surface area contributed by atoms with Crippen LogP contribution in [0.4, 0.5) is 0 Å². The molecule has 0 bridgehead atoms. The zero-order chi connectivity index (χ0) is 10.8. The maximum absolute atomic E-state index is 11.9. The summed E-state index contributed by atoms with van der Waals surface area (Å²) in [6, 6.07) is 0. The highest BCUT2D eigenvalue weighted by molar-refractivity contribution is 5.83. The van der Waals surface area contributed by atoms with Crippen molar-refractivity contribution in [1.82, 2.24) is 0 Å². The van der Waals surface area contributed by atoms with Crippen molar-refractivity contribution >= 4 is 5.78 Å². The van der Waals surface area contributed by atoms with Crippen LogP contribution in [0.2, 0.25) is 0 Å². The lowest BCUT2D eigenvalue weighted by Gasteiger charge is -2.28. The molecule has 0 N–H and O–H groups in total. The summed E-state index contributed by atoms with van der Waals surface area (Å²) in [5, 5.41) is 0. The molecule has 0 unspecified atom stereocenters. The van der Waals surface area contributed by atoms with Crippen LogP contribution in [-0.4, -0.2) is 5.78 Å². The van der Waals surface area contributed by atoms with Gasteiger partial charge in [-0.2, -0.15) is 0 Å². The molecule has 0 aromatic carbocycles. The number of Topliss-reactive ketones (excluding diaryl/α,β-unsaturated/α-hetero) is 1. The molecule has 1 aliphatic rings. The fourth-order valence-corrected chi connectivity index (χ4v) is 2.19. The molecule has 14 heavy (non-hydrogen) atoms. The van der Waals surface area contributed by atoms with Gasteiger partial charge in [-0.3, -0.25) is 4.79 Å². The van der Waals surface area contributed by atoms with Crippen LogP contribution in [0.1, 0.15) is 53.4 Å². The van der Waals surface area contributed by atoms with Crippen LogP contribution in [0.25, 0.3) is 0 Å². The molecule has 0 aliphatic heterocycles. The SMILES string of the molecule is CCCCC(=O)[C@H]1CC=C(C)C1(C)C. The number of rotatable bonds is 4. The van der Waals surface area contributed by atoms with Gasteiger partial charge in [-0.25, -0.2) is 0 Å². The van der Waals surface area contributed by atoms with Crippen LogP contribution in [0.15, 0.2) is 11.6 Å². The molecule has 1 rings (SSSR count). The zero-order valence-electron chi connectivity index (χ0n) is 9.89. The highest BCUT2D eigenvalue weighted by Crippen LogP contribution is 2.43. The zero-order valence-corrected chi connectivity index (χ0v) is 9.89. The van der Waals surface area contributed by atoms with Gasteiger partial charge in [-0.15, -0.1) is 0 Å². The van der Waals surface area contributed by atoms with E-state index in [4.69, 9.17) is 0 Å². The van der Waals surface area contributed by atoms with Crippen LogP contribution in [0, 0.1) is 11.3 Å². The minimum Gasteiger partial charge on any atom is -0.299 e. The van der Waals surface area contributed by atoms with Gasteiger partial charge in [0.1, 0.15) is 5.78 Å². The first kappa shape index (κ1) is 11.5. The standard InChI is InChI=1S/C13H22O/c1-5-6-7-12(14)11-9-8-10(2)13(11,3)4/h8,11H,5-7,9H2,1-4H3/t11-/m1/s1. The molecule has 0 aromatic heterocycles. The Morgan fingerprint density at radius 2 is 2.21 bits per heavy atom. The average Bonchev–Trinajstić information content (AvgIpc) is 2.38. The minimum absolute atomic E-state index is 0.102. The van der Waals surface area contributed by atoms with Gasteiger partial charge in [-0.05, 0) is 25.2 Å². The van der Waals surface area contributed by atoms with E-state index in [1.165, 1.54) is 5.57 Å². The molecule has 0 spiro atoms. The molecule has 0 radical (unpaired) electrons. The van der Waals surface area contributed by atoms with Crippen LogP contribution in [0.5, 0.6) is 0 Å². The summed E-state index contributed by atoms with van der Waals surface area (Å²) < 4.78 is 0. The third kappa shape index (κ3) is 2.08. The summed E-state index contributed by atoms with van der Waals surface area (Å²) >= 11 is 0. The lowest BCUT2D eigenvalue weighted by molar-refractivity contribution is -0.125. The largest absolute Gasteiger partial charge is 0.299 e. The number of allylic oxidation sites excluding steroid dienone is 2. The smallest absolute Gasteiger partial charge is 0.137 e. The van der Waals surface area contributed by atoms with Gasteiger partial charge in [0.15, 0.2) is 0 Å². The maximum atomic E-state index is 11.9. The predicted molar refractivity (Wildman–Crippen MR) is 60.2 cm³/mol. The first-order valence-corrected chi connectivity index (χ1v) is 5.70. The Labute approximate surface area is 87.6 Å². The molecule has 0 saturated carbocycles. The van der Waals surface area contributed by atoms with Crippen molar-refractivity contribution in [3.05, 3.63) is 11.6 Å². The highest BCUT2D eigenvalue weighted by atomic mass is 16.1. The van der Waals surface area contributed by atoms with Crippen molar-refractivity contribution in [2.24, 2.45) is 11.3 Å². The molecule has 0 amide bonds. The van der Waals surface area contributed by atoms with Crippen LogP contribution >= 0.6 is 0 Å². The number of hydrogen-bond acceptors (Lipinski definition) is 1. The first-order chi connectivity index (χ1) is 6.50. The molecule has 0 fully saturated rings. The van der Waals surface area contributed by atoms with Gasteiger partial charge < -0.3 is 0 Å². The van der Waals surface area contributed by atoms with Crippen molar-refractivity contribution in [3.8, 4) is 0 Å². The number of ketones is 1. The second kappa shape index (κ2) is 4.29. The molecule has 1 nitrogen and oxygen atoms in total. The number of carbonyl (C=O) groups excluding carboxylic acids is 1. The Kier molecular flexibility index (Phi) is 3.52. The van der Waals surface area contributed by atoms with Gasteiger partial charge in [0, 0.05) is 12.3 Å². The van der Waals surface area contributed by atoms with Gasteiger partial charge in [0.2, 0.25) is 0 Å². The Morgan fingerprint density at radius 1 is 1.57 bits per heavy atom. The average molecular weight is 194 g/mol. The first-order valence-electron chi connectivity index (χ1n) is 5.70. The summed E-state index contributed by atoms with van der Waals surface area (Å²) in [5.74, 6) is 0.707. The monoisotopic (exact) mass is 194 g/mol. The fourth-order valence-electron chi connectivity index (χ4n) is 2.19. The van der Waals surface area contributed by atoms with E-state index in [0.29, 0.717) is 5.78 Å². The Balaban J connectivity index is 2.59. The summed E-state index contributed by atoms with van der Waals surface area (Å²) in [4.78, 5) is 11.9. The van der Waals surface area contributed by atoms with E-state index in [-0.39, 0.29) is 11.3 Å². The van der Waals surface area contributed by atoms with E-state index in [9.17, 15) is 4.79 Å². The van der Waals surface area contributed by atoms with Crippen LogP contribution in [0.3, 0.4) is 0 Å². The molecule has 0 aromatic rings. The molecule has 1 heteroatoms. The van der Waals surface area contributed by atoms with Gasteiger partial charge in [-0.1, -0.05) is 38.8 Å². The predicted octanol–water partition coefficient (Wildman–Crippen LogP) is 3.74. The van der Waals surface area contributed by atoms with Crippen molar-refractivity contribution in [2.45, 2.75) is 53.4 Å². The number of unbranched alkanes of at least 4 members (excludes halogenated alkanes) is 1. The van der Waals surface area contributed by atoms with E-state index < -0.39 is 0 Å². The molecule has 80 valence electrons. The maximum Gasteiger partial charge on any atom is 0.137 e. The van der Waals surface area contributed by atoms with E-state index in [0.717, 1.165) is 25.7 Å². The van der Waals surface area contributed by atoms with E-state index in [2.05, 4.69) is 33.8 Å². The van der Waals surface area contributed by atoms with Crippen LogP contribution < -0.4 is 0 Å². The Bertz CT molecular complexity index is 248. The third-order valence-corrected chi connectivity index (χ3v) is 3.71. The summed E-state index contributed by atoms with van der Waals surface area (Å²) in [7, 11) is 0. The minimum atomic E-state index is 0.102. The van der Waals surface area contributed by atoms with Crippen molar-refractivity contribution < 1.29 is 4.79 Å². The fraction of sp³-hybridized carbons (Fsp3) is 0.769. The molecular formula is C13H22O. The normalized spacial score (nSPS) is 24.9. The summed E-state index contributed by atoms with van der Waals surface area (Å²) in [6.45, 7) is 8.67. The Hall–Kier alpha value is -0.590. The van der Waals surface area contributed by atoms with E-state index >= 15 is 0 Å². The van der Waals surface area contributed by atoms with Crippen LogP contribution in [-0.2, 0) is 4.79 Å². The van der Waals surface area contributed by atoms with Crippen molar-refractivity contribution in [3.63, 3.8) is 0 Å². The second-order valence-electron chi connectivity index (χ2n) is 4.97. The summed E-state index contributed by atoms with van der Waals surface area (Å²) in [5.41, 5.74) is 1.48. The lowest BCUT2D eigenvalue weighted by Crippen LogP contribution is -2.27. The van der Waals surface area contributed by atoms with Gasteiger partial charge in [0.05, 0.1) is 0 Å². The van der Waals surface area contributed by atoms with Crippen molar-refractivity contribution in [1.29, 1.82) is 0 Å². The summed E-state index contributed by atoms with van der Waals surface area (Å²) in [6.07, 6.45) is 6.12. The molecule has 0 saturated heterocycles. The third-order valence-electron chi connectivity index (χ3n) is 3.71.